The number of nitrogens with zero attached hydrogens (tertiary/aromatic N) is 1. The van der Waals surface area contributed by atoms with Gasteiger partial charge in [-0.15, -0.1) is 0 Å². The summed E-state index contributed by atoms with van der Waals surface area (Å²) >= 11 is 0. The van der Waals surface area contributed by atoms with Crippen LogP contribution in [0.5, 0.6) is 0 Å². The van der Waals surface area contributed by atoms with E-state index in [1.54, 1.807) is 19.1 Å². The van der Waals surface area contributed by atoms with Gasteiger partial charge in [0.15, 0.2) is 9.84 Å². The molecule has 2 rings (SSSR count). The second kappa shape index (κ2) is 6.47. The zero-order valence-electron chi connectivity index (χ0n) is 12.2. The lowest BCUT2D eigenvalue weighted by molar-refractivity contribution is -0.137. The summed E-state index contributed by atoms with van der Waals surface area (Å²) in [4.78, 5) is 13.1. The Balaban J connectivity index is 1.99. The molecule has 5 nitrogen and oxygen atoms in total. The highest BCUT2D eigenvalue weighted by Gasteiger charge is 2.23. The number of hydrogen-bond acceptors (Lipinski definition) is 4. The van der Waals surface area contributed by atoms with Crippen molar-refractivity contribution < 1.29 is 18.3 Å². The van der Waals surface area contributed by atoms with Gasteiger partial charge in [0, 0.05) is 25.2 Å². The van der Waals surface area contributed by atoms with Crippen LogP contribution >= 0.6 is 0 Å². The molecule has 0 spiro atoms. The third kappa shape index (κ3) is 3.97. The third-order valence-electron chi connectivity index (χ3n) is 3.99. The van der Waals surface area contributed by atoms with E-state index in [1.807, 2.05) is 12.1 Å². The maximum atomic E-state index is 11.8. The number of sulfone groups is 1. The molecule has 1 aromatic rings. The van der Waals surface area contributed by atoms with Crippen LogP contribution in [0.1, 0.15) is 26.2 Å². The second-order valence-corrected chi connectivity index (χ2v) is 7.71. The summed E-state index contributed by atoms with van der Waals surface area (Å²) in [5.74, 6) is -0.240. The smallest absolute Gasteiger partial charge is 0.303 e. The average Bonchev–Trinajstić information content (AvgIpc) is 2.94. The normalized spacial score (nSPS) is 18.9. The predicted octanol–water partition coefficient (Wildman–Crippen LogP) is 2.17. The summed E-state index contributed by atoms with van der Waals surface area (Å²) in [5.41, 5.74) is 1.00. The number of anilines is 1. The molecular formula is C15H21NO4S. The molecule has 0 aliphatic carbocycles. The average molecular weight is 311 g/mol. The summed E-state index contributed by atoms with van der Waals surface area (Å²) in [6.07, 6.45) is 1.91. The molecule has 0 bridgehead atoms. The summed E-state index contributed by atoms with van der Waals surface area (Å²) < 4.78 is 23.5. The van der Waals surface area contributed by atoms with Gasteiger partial charge >= 0.3 is 5.97 Å². The highest BCUT2D eigenvalue weighted by atomic mass is 32.2. The number of benzene rings is 1. The fraction of sp³-hybridized carbons (Fsp3) is 0.533. The Hall–Kier alpha value is -1.56. The summed E-state index contributed by atoms with van der Waals surface area (Å²) in [6, 6.07) is 6.97. The van der Waals surface area contributed by atoms with E-state index in [0.29, 0.717) is 17.2 Å². The van der Waals surface area contributed by atoms with Crippen molar-refractivity contribution in [1.29, 1.82) is 0 Å². The van der Waals surface area contributed by atoms with Gasteiger partial charge in [-0.3, -0.25) is 4.79 Å². The van der Waals surface area contributed by atoms with Crippen LogP contribution in [0.3, 0.4) is 0 Å². The molecule has 1 N–H and O–H groups in total. The molecule has 1 unspecified atom stereocenters. The van der Waals surface area contributed by atoms with Gasteiger partial charge in [-0.1, -0.05) is 6.92 Å². The van der Waals surface area contributed by atoms with E-state index < -0.39 is 15.8 Å². The lowest BCUT2D eigenvalue weighted by Gasteiger charge is -2.19. The monoisotopic (exact) mass is 311 g/mol. The van der Waals surface area contributed by atoms with Crippen LogP contribution in [0.2, 0.25) is 0 Å². The minimum absolute atomic E-state index is 0.104. The molecule has 1 aromatic carbocycles. The standard InChI is InChI=1S/C15H21NO4S/c1-2-21(19,20)14-6-4-13(5-7-14)16-10-9-12(11-16)3-8-15(17)18/h4-7,12H,2-3,8-11H2,1H3,(H,17,18). The van der Waals surface area contributed by atoms with Crippen molar-refractivity contribution in [1.82, 2.24) is 0 Å². The Labute approximate surface area is 125 Å². The van der Waals surface area contributed by atoms with Gasteiger partial charge in [-0.25, -0.2) is 8.42 Å². The summed E-state index contributed by atoms with van der Waals surface area (Å²) in [7, 11) is -3.15. The van der Waals surface area contributed by atoms with Crippen LogP contribution in [0.4, 0.5) is 5.69 Å². The molecule has 1 aliphatic rings. The van der Waals surface area contributed by atoms with Gasteiger partial charge in [-0.2, -0.15) is 0 Å². The number of carboxylic acids is 1. The first-order valence-electron chi connectivity index (χ1n) is 7.22. The van der Waals surface area contributed by atoms with Crippen molar-refractivity contribution in [2.75, 3.05) is 23.7 Å². The lowest BCUT2D eigenvalue weighted by Crippen LogP contribution is -2.19. The van der Waals surface area contributed by atoms with Crippen molar-refractivity contribution in [2.45, 2.75) is 31.1 Å². The number of carboxylic acid groups (broad SMARTS) is 1. The van der Waals surface area contributed by atoms with Crippen LogP contribution in [0.25, 0.3) is 0 Å². The second-order valence-electron chi connectivity index (χ2n) is 5.43. The van der Waals surface area contributed by atoms with Crippen LogP contribution < -0.4 is 4.90 Å². The van der Waals surface area contributed by atoms with Crippen molar-refractivity contribution in [3.8, 4) is 0 Å². The fourth-order valence-corrected chi connectivity index (χ4v) is 3.55. The molecular weight excluding hydrogens is 290 g/mol. The molecule has 1 saturated heterocycles. The highest BCUT2D eigenvalue weighted by molar-refractivity contribution is 7.91. The van der Waals surface area contributed by atoms with Gasteiger partial charge in [0.2, 0.25) is 0 Å². The minimum atomic E-state index is -3.15. The Morgan fingerprint density at radius 2 is 2.00 bits per heavy atom. The van der Waals surface area contributed by atoms with Crippen LogP contribution in [-0.2, 0) is 14.6 Å². The molecule has 1 fully saturated rings. The first-order valence-corrected chi connectivity index (χ1v) is 8.87. The van der Waals surface area contributed by atoms with E-state index in [1.165, 1.54) is 0 Å². The number of carbonyl (C=O) groups is 1. The Morgan fingerprint density at radius 1 is 1.33 bits per heavy atom. The fourth-order valence-electron chi connectivity index (χ4n) is 2.66. The van der Waals surface area contributed by atoms with Crippen molar-refractivity contribution >= 4 is 21.5 Å². The topological polar surface area (TPSA) is 74.7 Å². The first-order chi connectivity index (χ1) is 9.92. The van der Waals surface area contributed by atoms with Gasteiger partial charge in [0.1, 0.15) is 0 Å². The van der Waals surface area contributed by atoms with Gasteiger partial charge in [0.05, 0.1) is 10.6 Å². The highest BCUT2D eigenvalue weighted by Crippen LogP contribution is 2.27. The molecule has 21 heavy (non-hydrogen) atoms. The molecule has 1 atom stereocenters. The largest absolute Gasteiger partial charge is 0.481 e. The Morgan fingerprint density at radius 3 is 2.57 bits per heavy atom. The third-order valence-corrected chi connectivity index (χ3v) is 5.74. The van der Waals surface area contributed by atoms with Gasteiger partial charge in [0.25, 0.3) is 0 Å². The van der Waals surface area contributed by atoms with E-state index in [9.17, 15) is 13.2 Å². The zero-order valence-corrected chi connectivity index (χ0v) is 13.0. The maximum Gasteiger partial charge on any atom is 0.303 e. The molecule has 0 amide bonds. The summed E-state index contributed by atoms with van der Waals surface area (Å²) in [6.45, 7) is 3.37. The van der Waals surface area contributed by atoms with Crippen molar-refractivity contribution in [3.63, 3.8) is 0 Å². The molecule has 1 aliphatic heterocycles. The van der Waals surface area contributed by atoms with Crippen LogP contribution in [0, 0.1) is 5.92 Å². The van der Waals surface area contributed by atoms with E-state index in [-0.39, 0.29) is 12.2 Å². The van der Waals surface area contributed by atoms with Crippen molar-refractivity contribution in [2.24, 2.45) is 5.92 Å². The summed E-state index contributed by atoms with van der Waals surface area (Å²) in [5, 5.41) is 8.72. The van der Waals surface area contributed by atoms with Gasteiger partial charge < -0.3 is 10.0 Å². The lowest BCUT2D eigenvalue weighted by atomic mass is 10.0. The molecule has 0 radical (unpaired) electrons. The van der Waals surface area contributed by atoms with Crippen LogP contribution in [0.15, 0.2) is 29.2 Å². The van der Waals surface area contributed by atoms with Crippen LogP contribution in [-0.4, -0.2) is 38.3 Å². The maximum absolute atomic E-state index is 11.8. The minimum Gasteiger partial charge on any atom is -0.481 e. The Kier molecular flexibility index (Phi) is 4.88. The SMILES string of the molecule is CCS(=O)(=O)c1ccc(N2CCC(CCC(=O)O)C2)cc1. The van der Waals surface area contributed by atoms with Crippen molar-refractivity contribution in [3.05, 3.63) is 24.3 Å². The van der Waals surface area contributed by atoms with E-state index in [2.05, 4.69) is 4.90 Å². The first kappa shape index (κ1) is 15.8. The molecule has 6 heteroatoms. The number of aliphatic carboxylic acids is 1. The van der Waals surface area contributed by atoms with E-state index in [0.717, 1.165) is 25.2 Å². The van der Waals surface area contributed by atoms with E-state index in [4.69, 9.17) is 5.11 Å². The number of rotatable bonds is 6. The van der Waals surface area contributed by atoms with E-state index >= 15 is 0 Å². The number of hydrogen-bond donors (Lipinski definition) is 1. The zero-order chi connectivity index (χ0) is 15.5. The van der Waals surface area contributed by atoms with Gasteiger partial charge in [-0.05, 0) is 43.0 Å². The molecule has 116 valence electrons. The molecule has 1 heterocycles. The molecule has 0 saturated carbocycles. The quantitative estimate of drug-likeness (QED) is 0.871. The molecule has 0 aromatic heterocycles. The predicted molar refractivity (Wildman–Crippen MR) is 81.4 cm³/mol. The Bertz CT molecular complexity index is 595.